The maximum absolute atomic E-state index is 12.8. The number of aromatic nitrogens is 2. The van der Waals surface area contributed by atoms with Crippen LogP contribution in [0.3, 0.4) is 0 Å². The highest BCUT2D eigenvalue weighted by atomic mass is 79.9. The molecule has 2 N–H and O–H groups in total. The van der Waals surface area contributed by atoms with E-state index in [2.05, 4.69) is 50.2 Å². The molecule has 2 aliphatic rings. The van der Waals surface area contributed by atoms with Gasteiger partial charge < -0.3 is 19.5 Å². The second kappa shape index (κ2) is 19.7. The molecule has 0 bridgehead atoms. The third-order valence-electron chi connectivity index (χ3n) is 9.27. The van der Waals surface area contributed by atoms with Crippen molar-refractivity contribution in [1.82, 2.24) is 9.97 Å². The Kier molecular flexibility index (Phi) is 14.7. The summed E-state index contributed by atoms with van der Waals surface area (Å²) in [7, 11) is -8.02. The van der Waals surface area contributed by atoms with Gasteiger partial charge in [-0.25, -0.2) is 14.8 Å². The van der Waals surface area contributed by atoms with E-state index in [0.717, 1.165) is 11.1 Å². The minimum Gasteiger partial charge on any atom is -0.448 e. The SMILES string of the molecule is C.C.O=C(CCC(c1ccccc1)c1ncco1)C1=NS(=O)(=O)c2cc(Br)ccc2N1.[C-]#[N+]c1ccc2c(c1)S(=O)(=O)N=C(C(=O)CCC(c1ccccc1)c1ncco1)N2. The van der Waals surface area contributed by atoms with Crippen LogP contribution in [0.15, 0.2) is 154 Å². The number of halogens is 1. The van der Waals surface area contributed by atoms with E-state index < -0.39 is 31.6 Å². The van der Waals surface area contributed by atoms with E-state index in [4.69, 9.17) is 15.4 Å². The van der Waals surface area contributed by atoms with Gasteiger partial charge in [0.15, 0.2) is 28.9 Å². The van der Waals surface area contributed by atoms with Gasteiger partial charge in [-0.2, -0.15) is 16.8 Å². The zero-order chi connectivity index (χ0) is 41.6. The summed E-state index contributed by atoms with van der Waals surface area (Å²) in [4.78, 5) is 37.1. The normalized spacial score (nSPS) is 15.0. The number of Topliss-reactive ketones (excluding diaryl/α,β-unsaturated/α-hetero) is 2. The summed E-state index contributed by atoms with van der Waals surface area (Å²) in [5.41, 5.74) is 2.65. The van der Waals surface area contributed by atoms with Gasteiger partial charge in [0, 0.05) is 17.3 Å². The predicted molar refractivity (Wildman–Crippen MR) is 235 cm³/mol. The molecule has 2 atom stereocenters. The van der Waals surface area contributed by atoms with Crippen molar-refractivity contribution in [3.8, 4) is 0 Å². The van der Waals surface area contributed by atoms with Gasteiger partial charge in [-0.05, 0) is 54.3 Å². The quantitative estimate of drug-likeness (QED) is 0.110. The van der Waals surface area contributed by atoms with Gasteiger partial charge in [-0.1, -0.05) is 97.5 Å². The van der Waals surface area contributed by atoms with Crippen molar-refractivity contribution >= 4 is 76.3 Å². The monoisotopic (exact) mass is 925 g/mol. The molecule has 0 saturated heterocycles. The number of anilines is 2. The Morgan fingerprint density at radius 1 is 0.656 bits per heavy atom. The molecule has 0 radical (unpaired) electrons. The molecular weight excluding hydrogens is 887 g/mol. The number of hydrogen-bond donors (Lipinski definition) is 2. The standard InChI is InChI=1S/C21H16N4O4S.C20H16BrN3O4S.2CH4/c1-22-15-7-9-17-19(13-15)30(27,28)25-20(24-17)18(26)10-8-16(21-23-11-12-29-21)14-5-3-2-4-6-14;21-14-6-8-16-18(12-14)29(26,27)24-19(23-16)17(25)9-7-15(20-22-10-11-28-20)13-4-2-1-3-5-13;;/h2-7,9,11-13,16H,8,10H2,(H,24,25);1-6,8,10-12,15H,7,9H2,(H,23,24);2*1H4. The van der Waals surface area contributed by atoms with Crippen LogP contribution in [0.5, 0.6) is 0 Å². The Morgan fingerprint density at radius 3 is 1.52 bits per heavy atom. The van der Waals surface area contributed by atoms with Crippen LogP contribution in [0, 0.1) is 6.57 Å². The lowest BCUT2D eigenvalue weighted by molar-refractivity contribution is -0.113. The number of nitrogens with one attached hydrogen (secondary N) is 2. The Balaban J connectivity index is 0.000000224. The number of carbonyl (C=O) groups is 2. The Bertz CT molecular complexity index is 2830. The highest BCUT2D eigenvalue weighted by molar-refractivity contribution is 9.10. The van der Waals surface area contributed by atoms with Gasteiger partial charge >= 0.3 is 0 Å². The maximum Gasteiger partial charge on any atom is 0.286 e. The molecule has 6 aromatic rings. The smallest absolute Gasteiger partial charge is 0.286 e. The van der Waals surface area contributed by atoms with E-state index in [1.165, 1.54) is 36.8 Å². The number of hydrogen-bond acceptors (Lipinski definition) is 12. The van der Waals surface area contributed by atoms with Crippen molar-refractivity contribution < 1.29 is 35.3 Å². The fourth-order valence-corrected chi connectivity index (χ4v) is 9.25. The molecule has 2 aromatic heterocycles. The molecule has 8 rings (SSSR count). The lowest BCUT2D eigenvalue weighted by Gasteiger charge is -2.18. The third kappa shape index (κ3) is 10.6. The van der Waals surface area contributed by atoms with Gasteiger partial charge in [0.2, 0.25) is 11.8 Å². The molecule has 4 heterocycles. The first-order valence-corrected chi connectivity index (χ1v) is 21.6. The van der Waals surface area contributed by atoms with Crippen molar-refractivity contribution in [2.45, 2.75) is 62.2 Å². The van der Waals surface area contributed by atoms with E-state index in [1.807, 2.05) is 60.7 Å². The molecule has 0 spiro atoms. The average Bonchev–Trinajstić information content (AvgIpc) is 3.98. The lowest BCUT2D eigenvalue weighted by Crippen LogP contribution is -2.29. The largest absolute Gasteiger partial charge is 0.448 e. The van der Waals surface area contributed by atoms with Gasteiger partial charge in [0.25, 0.3) is 20.0 Å². The van der Waals surface area contributed by atoms with Crippen LogP contribution in [0.25, 0.3) is 4.85 Å². The number of amidine groups is 2. The maximum atomic E-state index is 12.8. The van der Waals surface area contributed by atoms with E-state index >= 15 is 0 Å². The van der Waals surface area contributed by atoms with Gasteiger partial charge in [-0.15, -0.1) is 8.80 Å². The molecule has 0 saturated carbocycles. The molecular formula is C43H40BrN7O8S2. The molecule has 0 fully saturated rings. The first-order valence-electron chi connectivity index (χ1n) is 17.9. The van der Waals surface area contributed by atoms with E-state index in [9.17, 15) is 26.4 Å². The van der Waals surface area contributed by atoms with Gasteiger partial charge in [0.1, 0.15) is 22.3 Å². The predicted octanol–water partition coefficient (Wildman–Crippen LogP) is 9.32. The summed E-state index contributed by atoms with van der Waals surface area (Å²) >= 11 is 3.25. The van der Waals surface area contributed by atoms with Gasteiger partial charge in [-0.3, -0.25) is 9.59 Å². The summed E-state index contributed by atoms with van der Waals surface area (Å²) in [5.74, 6) is -0.738. The number of benzene rings is 4. The molecule has 61 heavy (non-hydrogen) atoms. The first kappa shape index (κ1) is 45.5. The molecule has 15 nitrogen and oxygen atoms in total. The number of oxazole rings is 2. The topological polar surface area (TPSA) is 208 Å². The van der Waals surface area contributed by atoms with Crippen molar-refractivity contribution in [3.63, 3.8) is 0 Å². The van der Waals surface area contributed by atoms with Crippen LogP contribution < -0.4 is 10.6 Å². The number of sulfonamides is 2. The van der Waals surface area contributed by atoms with E-state index in [1.54, 1.807) is 24.5 Å². The summed E-state index contributed by atoms with van der Waals surface area (Å²) in [6.07, 6.45) is 6.95. The Labute approximate surface area is 362 Å². The highest BCUT2D eigenvalue weighted by Crippen LogP contribution is 2.34. The molecule has 0 amide bonds. The van der Waals surface area contributed by atoms with Crippen LogP contribution >= 0.6 is 15.9 Å². The van der Waals surface area contributed by atoms with Crippen LogP contribution in [0.2, 0.25) is 0 Å². The van der Waals surface area contributed by atoms with E-state index in [0.29, 0.717) is 34.8 Å². The third-order valence-corrected chi connectivity index (χ3v) is 12.4. The minimum absolute atomic E-state index is 0. The van der Waals surface area contributed by atoms with E-state index in [-0.39, 0.29) is 72.4 Å². The minimum atomic E-state index is -4.07. The summed E-state index contributed by atoms with van der Waals surface area (Å²) in [6.45, 7) is 7.03. The van der Waals surface area contributed by atoms with Gasteiger partial charge in [0.05, 0.1) is 42.2 Å². The molecule has 0 aliphatic carbocycles. The zero-order valence-electron chi connectivity index (χ0n) is 30.7. The molecule has 2 unspecified atom stereocenters. The Hall–Kier alpha value is -6.55. The van der Waals surface area contributed by atoms with Crippen LogP contribution in [-0.2, 0) is 29.6 Å². The first-order chi connectivity index (χ1) is 28.4. The summed E-state index contributed by atoms with van der Waals surface area (Å²) < 4.78 is 68.7. The van der Waals surface area contributed by atoms with Crippen LogP contribution in [0.4, 0.5) is 17.1 Å². The number of nitrogens with zero attached hydrogens (tertiary/aromatic N) is 5. The van der Waals surface area contributed by atoms with Crippen LogP contribution in [0.1, 0.15) is 75.3 Å². The highest BCUT2D eigenvalue weighted by Gasteiger charge is 2.31. The number of rotatable bonds is 12. The van der Waals surface area contributed by atoms with Crippen molar-refractivity contribution in [3.05, 3.63) is 161 Å². The molecule has 4 aromatic carbocycles. The second-order valence-electron chi connectivity index (χ2n) is 13.1. The van der Waals surface area contributed by atoms with Crippen molar-refractivity contribution in [1.29, 1.82) is 0 Å². The molecule has 18 heteroatoms. The van der Waals surface area contributed by atoms with Crippen LogP contribution in [-0.4, -0.2) is 50.0 Å². The number of carbonyl (C=O) groups excluding carboxylic acids is 2. The summed E-state index contributed by atoms with van der Waals surface area (Å²) in [5, 5.41) is 5.62. The van der Waals surface area contributed by atoms with Crippen molar-refractivity contribution in [2.75, 3.05) is 10.6 Å². The number of fused-ring (bicyclic) bond motifs is 2. The molecule has 2 aliphatic heterocycles. The van der Waals surface area contributed by atoms with Crippen molar-refractivity contribution in [2.24, 2.45) is 8.80 Å². The second-order valence-corrected chi connectivity index (χ2v) is 17.2. The average molecular weight is 927 g/mol. The fourth-order valence-electron chi connectivity index (χ4n) is 6.43. The fraction of sp³-hybridized carbons (Fsp3) is 0.186. The zero-order valence-corrected chi connectivity index (χ0v) is 33.9. The molecule has 314 valence electrons. The Morgan fingerprint density at radius 2 is 1.10 bits per heavy atom. The summed E-state index contributed by atoms with van der Waals surface area (Å²) in [6, 6.07) is 28.0. The number of ketones is 2. The lowest BCUT2D eigenvalue weighted by atomic mass is 9.93.